The van der Waals surface area contributed by atoms with E-state index in [2.05, 4.69) is 32.7 Å². The molecule has 2 nitrogen and oxygen atoms in total. The fourth-order valence-corrected chi connectivity index (χ4v) is 2.34. The van der Waals surface area contributed by atoms with Gasteiger partial charge in [-0.2, -0.15) is 0 Å². The van der Waals surface area contributed by atoms with Gasteiger partial charge in [0.2, 0.25) is 0 Å². The van der Waals surface area contributed by atoms with Crippen LogP contribution in [0.3, 0.4) is 0 Å². The zero-order chi connectivity index (χ0) is 9.52. The van der Waals surface area contributed by atoms with Crippen molar-refractivity contribution in [2.75, 3.05) is 20.2 Å². The van der Waals surface area contributed by atoms with Gasteiger partial charge in [0.25, 0.3) is 0 Å². The van der Waals surface area contributed by atoms with Crippen molar-refractivity contribution in [2.45, 2.75) is 13.0 Å². The number of ether oxygens (including phenoxy) is 1. The average Bonchev–Trinajstić information content (AvgIpc) is 2.51. The number of nitrogens with one attached hydrogen (secondary N) is 1. The van der Waals surface area contributed by atoms with E-state index in [-0.39, 0.29) is 0 Å². The minimum absolute atomic E-state index is 0.736. The molecular weight excluding hydrogens is 250 g/mol. The van der Waals surface area contributed by atoms with E-state index in [1.54, 1.807) is 11.3 Å². The Bertz CT molecular complexity index is 239. The summed E-state index contributed by atoms with van der Waals surface area (Å²) in [5.41, 5.74) is 0. The van der Waals surface area contributed by atoms with Crippen molar-refractivity contribution in [2.24, 2.45) is 0 Å². The Morgan fingerprint density at radius 2 is 2.46 bits per heavy atom. The third kappa shape index (κ3) is 4.76. The van der Waals surface area contributed by atoms with Crippen LogP contribution >= 0.6 is 27.3 Å². The van der Waals surface area contributed by atoms with Gasteiger partial charge in [-0.25, -0.2) is 0 Å². The monoisotopic (exact) mass is 263 g/mol. The highest BCUT2D eigenvalue weighted by atomic mass is 79.9. The summed E-state index contributed by atoms with van der Waals surface area (Å²) in [6.07, 6.45) is 1.07. The van der Waals surface area contributed by atoms with Crippen LogP contribution in [0, 0.1) is 0 Å². The van der Waals surface area contributed by atoms with E-state index in [0.29, 0.717) is 0 Å². The highest BCUT2D eigenvalue weighted by Crippen LogP contribution is 2.20. The minimum atomic E-state index is 0.736. The van der Waals surface area contributed by atoms with Crippen LogP contribution < -0.4 is 5.32 Å². The number of thiophene rings is 1. The molecule has 0 radical (unpaired) electrons. The second-order valence-electron chi connectivity index (χ2n) is 2.74. The summed E-state index contributed by atoms with van der Waals surface area (Å²) < 4.78 is 6.63. The lowest BCUT2D eigenvalue weighted by Gasteiger charge is -2.01. The lowest BCUT2D eigenvalue weighted by atomic mass is 10.4. The Hall–Kier alpha value is 0.1000. The van der Waals surface area contributed by atoms with E-state index in [4.69, 9.17) is 4.74 Å². The van der Waals surface area contributed by atoms with Gasteiger partial charge in [-0.15, -0.1) is 11.3 Å². The smallest absolute Gasteiger partial charge is 0.0809 e. The van der Waals surface area contributed by atoms with Crippen LogP contribution in [-0.2, 0) is 11.3 Å². The molecule has 74 valence electrons. The molecule has 0 atom stereocenters. The maximum Gasteiger partial charge on any atom is 0.0809 e. The number of hydrogen-bond donors (Lipinski definition) is 1. The topological polar surface area (TPSA) is 21.3 Å². The van der Waals surface area contributed by atoms with Crippen LogP contribution in [0.2, 0.25) is 0 Å². The van der Waals surface area contributed by atoms with Crippen LogP contribution in [0.15, 0.2) is 15.9 Å². The van der Waals surface area contributed by atoms with Crippen LogP contribution in [0.5, 0.6) is 0 Å². The molecule has 0 saturated carbocycles. The van der Waals surface area contributed by atoms with Gasteiger partial charge in [-0.05, 0) is 42.0 Å². The molecule has 0 aliphatic rings. The zero-order valence-corrected chi connectivity index (χ0v) is 10.1. The third-order valence-electron chi connectivity index (χ3n) is 1.58. The second kappa shape index (κ2) is 6.54. The molecule has 0 fully saturated rings. The maximum absolute atomic E-state index is 5.48. The summed E-state index contributed by atoms with van der Waals surface area (Å²) >= 11 is 5.14. The van der Waals surface area contributed by atoms with Crippen molar-refractivity contribution < 1.29 is 4.74 Å². The summed E-state index contributed by atoms with van der Waals surface area (Å²) in [6.45, 7) is 2.59. The van der Waals surface area contributed by atoms with Gasteiger partial charge in [0.1, 0.15) is 0 Å². The number of rotatable bonds is 6. The zero-order valence-electron chi connectivity index (χ0n) is 7.68. The second-order valence-corrected chi connectivity index (χ2v) is 4.65. The van der Waals surface area contributed by atoms with Gasteiger partial charge in [0.15, 0.2) is 0 Å². The predicted molar refractivity (Wildman–Crippen MR) is 60.2 cm³/mol. The van der Waals surface area contributed by atoms with E-state index >= 15 is 0 Å². The maximum atomic E-state index is 5.48. The molecule has 1 N–H and O–H groups in total. The number of halogens is 1. The highest BCUT2D eigenvalue weighted by Gasteiger charge is 1.96. The molecule has 0 spiro atoms. The van der Waals surface area contributed by atoms with E-state index < -0.39 is 0 Å². The summed E-state index contributed by atoms with van der Waals surface area (Å²) in [6, 6.07) is 2.10. The number of hydrogen-bond acceptors (Lipinski definition) is 3. The van der Waals surface area contributed by atoms with Gasteiger partial charge in [0.05, 0.1) is 6.61 Å². The van der Waals surface area contributed by atoms with Crippen LogP contribution in [0.1, 0.15) is 11.3 Å². The van der Waals surface area contributed by atoms with Crippen molar-refractivity contribution >= 4 is 27.3 Å². The highest BCUT2D eigenvalue weighted by molar-refractivity contribution is 9.10. The van der Waals surface area contributed by atoms with Crippen molar-refractivity contribution in [3.63, 3.8) is 0 Å². The van der Waals surface area contributed by atoms with Crippen LogP contribution in [0.25, 0.3) is 0 Å². The lowest BCUT2D eigenvalue weighted by molar-refractivity contribution is 0.121. The lowest BCUT2D eigenvalue weighted by Crippen LogP contribution is -2.10. The molecule has 0 aliphatic carbocycles. The Kier molecular flexibility index (Phi) is 5.62. The minimum Gasteiger partial charge on any atom is -0.376 e. The average molecular weight is 264 g/mol. The standard InChI is InChI=1S/C9H14BrNOS/c1-11-3-2-4-12-6-9-5-8(10)7-13-9/h5,7,11H,2-4,6H2,1H3. The fraction of sp³-hybridized carbons (Fsp3) is 0.556. The van der Waals surface area contributed by atoms with Gasteiger partial charge >= 0.3 is 0 Å². The SMILES string of the molecule is CNCCCOCc1cc(Br)cs1. The van der Waals surface area contributed by atoms with Gasteiger partial charge in [-0.1, -0.05) is 0 Å². The Morgan fingerprint density at radius 3 is 3.08 bits per heavy atom. The first-order valence-electron chi connectivity index (χ1n) is 4.28. The van der Waals surface area contributed by atoms with Gasteiger partial charge < -0.3 is 10.1 Å². The molecule has 0 aliphatic heterocycles. The Morgan fingerprint density at radius 1 is 1.62 bits per heavy atom. The predicted octanol–water partition coefficient (Wildman–Crippen LogP) is 2.64. The molecule has 1 aromatic heterocycles. The quantitative estimate of drug-likeness (QED) is 0.797. The molecule has 1 rings (SSSR count). The first-order chi connectivity index (χ1) is 6.33. The molecule has 1 heterocycles. The van der Waals surface area contributed by atoms with E-state index in [0.717, 1.165) is 30.7 Å². The summed E-state index contributed by atoms with van der Waals surface area (Å²) in [4.78, 5) is 1.27. The molecular formula is C9H14BrNOS. The first kappa shape index (κ1) is 11.2. The van der Waals surface area contributed by atoms with E-state index in [9.17, 15) is 0 Å². The largest absolute Gasteiger partial charge is 0.376 e. The molecule has 0 unspecified atom stereocenters. The molecule has 0 amide bonds. The van der Waals surface area contributed by atoms with E-state index in [1.165, 1.54) is 4.88 Å². The Labute approximate surface area is 91.4 Å². The first-order valence-corrected chi connectivity index (χ1v) is 5.95. The fourth-order valence-electron chi connectivity index (χ4n) is 0.953. The molecule has 0 saturated heterocycles. The molecule has 4 heteroatoms. The van der Waals surface area contributed by atoms with Crippen molar-refractivity contribution in [3.05, 3.63) is 20.8 Å². The van der Waals surface area contributed by atoms with Crippen molar-refractivity contribution in [3.8, 4) is 0 Å². The molecule has 1 aromatic rings. The molecule has 0 bridgehead atoms. The van der Waals surface area contributed by atoms with Crippen molar-refractivity contribution in [1.82, 2.24) is 5.32 Å². The van der Waals surface area contributed by atoms with Gasteiger partial charge in [-0.3, -0.25) is 0 Å². The van der Waals surface area contributed by atoms with Crippen molar-refractivity contribution in [1.29, 1.82) is 0 Å². The van der Waals surface area contributed by atoms with Crippen LogP contribution in [-0.4, -0.2) is 20.2 Å². The molecule has 0 aromatic carbocycles. The Balaban J connectivity index is 2.06. The van der Waals surface area contributed by atoms with E-state index in [1.807, 2.05) is 7.05 Å². The summed E-state index contributed by atoms with van der Waals surface area (Å²) in [5.74, 6) is 0. The van der Waals surface area contributed by atoms with Gasteiger partial charge in [0, 0.05) is 21.3 Å². The summed E-state index contributed by atoms with van der Waals surface area (Å²) in [5, 5.41) is 5.16. The normalized spacial score (nSPS) is 10.6. The molecule has 13 heavy (non-hydrogen) atoms. The summed E-state index contributed by atoms with van der Waals surface area (Å²) in [7, 11) is 1.95. The third-order valence-corrected chi connectivity index (χ3v) is 3.25. The van der Waals surface area contributed by atoms with Crippen LogP contribution in [0.4, 0.5) is 0 Å².